The zero-order valence-electron chi connectivity index (χ0n) is 17.7. The van der Waals surface area contributed by atoms with E-state index >= 15 is 0 Å². The number of primary amides is 1. The molecule has 32 heavy (non-hydrogen) atoms. The number of hydrogen-bond acceptors (Lipinski definition) is 5. The Morgan fingerprint density at radius 1 is 0.875 bits per heavy atom. The molecule has 0 spiro atoms. The third-order valence-corrected chi connectivity index (χ3v) is 6.11. The first-order valence-corrected chi connectivity index (χ1v) is 11.0. The van der Waals surface area contributed by atoms with Gasteiger partial charge in [0.15, 0.2) is 5.82 Å². The summed E-state index contributed by atoms with van der Waals surface area (Å²) >= 11 is 0. The Balaban J connectivity index is 1.16. The van der Waals surface area contributed by atoms with Crippen molar-refractivity contribution in [1.82, 2.24) is 20.1 Å². The minimum Gasteiger partial charge on any atom is -0.457 e. The number of carbonyl (C=O) groups excluding carboxylic acids is 2. The van der Waals surface area contributed by atoms with Crippen LogP contribution in [0.3, 0.4) is 0 Å². The number of aromatic amines is 1. The van der Waals surface area contributed by atoms with E-state index < -0.39 is 5.91 Å². The van der Waals surface area contributed by atoms with Crippen molar-refractivity contribution in [3.05, 3.63) is 71.3 Å². The number of ether oxygens (including phenoxy) is 1. The number of aromatic nitrogens is 3. The average Bonchev–Trinajstić information content (AvgIpc) is 3.56. The molecule has 1 aliphatic heterocycles. The standard InChI is InChI=1S/C24H25N5O3/c25-21(30)15-3-7-19(8-4-15)32-20-9-5-18(6-10-20)24(31)29-13-11-17(12-14-29)23-26-22(27-28-23)16-1-2-16/h3-10,16-17H,1-2,11-14H2,(H2,25,30)(H,26,27,28). The molecule has 2 heterocycles. The van der Waals surface area contributed by atoms with Crippen molar-refractivity contribution in [2.45, 2.75) is 37.5 Å². The van der Waals surface area contributed by atoms with Crippen molar-refractivity contribution in [2.75, 3.05) is 13.1 Å². The number of nitrogens with one attached hydrogen (secondary N) is 1. The Kier molecular flexibility index (Phi) is 5.34. The molecule has 1 aromatic heterocycles. The lowest BCUT2D eigenvalue weighted by Gasteiger charge is -2.31. The Morgan fingerprint density at radius 2 is 1.47 bits per heavy atom. The van der Waals surface area contributed by atoms with Crippen molar-refractivity contribution in [2.24, 2.45) is 5.73 Å². The SMILES string of the molecule is NC(=O)c1ccc(Oc2ccc(C(=O)N3CCC(c4nc(C5CC5)n[nH]4)CC3)cc2)cc1. The van der Waals surface area contributed by atoms with Crippen LogP contribution in [0.15, 0.2) is 48.5 Å². The van der Waals surface area contributed by atoms with E-state index in [1.165, 1.54) is 12.8 Å². The van der Waals surface area contributed by atoms with Crippen LogP contribution >= 0.6 is 0 Å². The second-order valence-electron chi connectivity index (χ2n) is 8.43. The summed E-state index contributed by atoms with van der Waals surface area (Å²) in [6.45, 7) is 1.40. The Hall–Kier alpha value is -3.68. The summed E-state index contributed by atoms with van der Waals surface area (Å²) in [6.07, 6.45) is 4.15. The third-order valence-electron chi connectivity index (χ3n) is 6.11. The van der Waals surface area contributed by atoms with Crippen LogP contribution in [0, 0.1) is 0 Å². The Bertz CT molecular complexity index is 1110. The number of nitrogens with zero attached hydrogens (tertiary/aromatic N) is 3. The van der Waals surface area contributed by atoms with Crippen LogP contribution in [0.2, 0.25) is 0 Å². The molecular weight excluding hydrogens is 406 g/mol. The van der Waals surface area contributed by atoms with Gasteiger partial charge >= 0.3 is 0 Å². The first kappa shape index (κ1) is 20.2. The molecule has 8 nitrogen and oxygen atoms in total. The summed E-state index contributed by atoms with van der Waals surface area (Å²) in [5.74, 6) is 3.54. The summed E-state index contributed by atoms with van der Waals surface area (Å²) < 4.78 is 5.79. The molecule has 2 aromatic carbocycles. The van der Waals surface area contributed by atoms with Crippen LogP contribution in [-0.4, -0.2) is 45.0 Å². The van der Waals surface area contributed by atoms with E-state index in [0.29, 0.717) is 47.6 Å². The molecule has 1 aliphatic carbocycles. The molecule has 2 amide bonds. The highest BCUT2D eigenvalue weighted by atomic mass is 16.5. The van der Waals surface area contributed by atoms with E-state index in [4.69, 9.17) is 10.5 Å². The predicted octanol–water partition coefficient (Wildman–Crippen LogP) is 3.59. The number of likely N-dealkylation sites (tertiary alicyclic amines) is 1. The predicted molar refractivity (Wildman–Crippen MR) is 118 cm³/mol. The zero-order chi connectivity index (χ0) is 22.1. The molecule has 1 saturated heterocycles. The topological polar surface area (TPSA) is 114 Å². The molecule has 5 rings (SSSR count). The number of amides is 2. The van der Waals surface area contributed by atoms with Gasteiger partial charge in [0, 0.05) is 36.1 Å². The van der Waals surface area contributed by atoms with Crippen LogP contribution in [0.5, 0.6) is 11.5 Å². The summed E-state index contributed by atoms with van der Waals surface area (Å²) in [5, 5.41) is 7.46. The molecule has 0 atom stereocenters. The van der Waals surface area contributed by atoms with Gasteiger partial charge in [-0.15, -0.1) is 0 Å². The summed E-state index contributed by atoms with van der Waals surface area (Å²) in [6, 6.07) is 13.7. The molecule has 164 valence electrons. The molecule has 2 aliphatic rings. The van der Waals surface area contributed by atoms with E-state index in [2.05, 4.69) is 15.2 Å². The largest absolute Gasteiger partial charge is 0.457 e. The van der Waals surface area contributed by atoms with E-state index in [1.807, 2.05) is 4.90 Å². The monoisotopic (exact) mass is 431 g/mol. The number of benzene rings is 2. The van der Waals surface area contributed by atoms with Crippen LogP contribution < -0.4 is 10.5 Å². The minimum atomic E-state index is -0.479. The number of piperidine rings is 1. The van der Waals surface area contributed by atoms with Gasteiger partial charge in [-0.1, -0.05) is 0 Å². The average molecular weight is 431 g/mol. The molecule has 3 N–H and O–H groups in total. The number of H-pyrrole nitrogens is 1. The molecule has 0 bridgehead atoms. The summed E-state index contributed by atoms with van der Waals surface area (Å²) in [7, 11) is 0. The van der Waals surface area contributed by atoms with Gasteiger partial charge in [0.05, 0.1) is 0 Å². The van der Waals surface area contributed by atoms with Crippen LogP contribution in [0.25, 0.3) is 0 Å². The van der Waals surface area contributed by atoms with E-state index in [-0.39, 0.29) is 5.91 Å². The Morgan fingerprint density at radius 3 is 2.03 bits per heavy atom. The number of rotatable bonds is 6. The van der Waals surface area contributed by atoms with Gasteiger partial charge in [-0.05, 0) is 74.2 Å². The van der Waals surface area contributed by atoms with E-state index in [9.17, 15) is 9.59 Å². The van der Waals surface area contributed by atoms with Crippen LogP contribution in [0.1, 0.15) is 69.9 Å². The van der Waals surface area contributed by atoms with Crippen molar-refractivity contribution < 1.29 is 14.3 Å². The second kappa shape index (κ2) is 8.45. The van der Waals surface area contributed by atoms with Gasteiger partial charge in [-0.25, -0.2) is 4.98 Å². The van der Waals surface area contributed by atoms with Crippen LogP contribution in [-0.2, 0) is 0 Å². The normalized spacial score (nSPS) is 16.7. The number of nitrogens with two attached hydrogens (primary N) is 1. The van der Waals surface area contributed by atoms with E-state index in [0.717, 1.165) is 24.5 Å². The maximum atomic E-state index is 12.9. The lowest BCUT2D eigenvalue weighted by atomic mass is 9.95. The van der Waals surface area contributed by atoms with Gasteiger partial charge < -0.3 is 15.4 Å². The van der Waals surface area contributed by atoms with Crippen molar-refractivity contribution in [1.29, 1.82) is 0 Å². The highest BCUT2D eigenvalue weighted by Crippen LogP contribution is 2.38. The summed E-state index contributed by atoms with van der Waals surface area (Å²) in [5.41, 5.74) is 6.31. The first-order chi connectivity index (χ1) is 15.6. The van der Waals surface area contributed by atoms with Crippen molar-refractivity contribution >= 4 is 11.8 Å². The molecule has 2 fully saturated rings. The molecular formula is C24H25N5O3. The lowest BCUT2D eigenvalue weighted by Crippen LogP contribution is -2.38. The fraction of sp³-hybridized carbons (Fsp3) is 0.333. The highest BCUT2D eigenvalue weighted by molar-refractivity contribution is 5.94. The van der Waals surface area contributed by atoms with Crippen LogP contribution in [0.4, 0.5) is 0 Å². The van der Waals surface area contributed by atoms with Gasteiger partial charge in [-0.3, -0.25) is 14.7 Å². The smallest absolute Gasteiger partial charge is 0.253 e. The van der Waals surface area contributed by atoms with Gasteiger partial charge in [-0.2, -0.15) is 5.10 Å². The van der Waals surface area contributed by atoms with Gasteiger partial charge in [0.2, 0.25) is 5.91 Å². The number of hydrogen-bond donors (Lipinski definition) is 2. The third kappa shape index (κ3) is 4.34. The lowest BCUT2D eigenvalue weighted by molar-refractivity contribution is 0.0711. The van der Waals surface area contributed by atoms with Crippen molar-refractivity contribution in [3.63, 3.8) is 0 Å². The maximum Gasteiger partial charge on any atom is 0.253 e. The molecule has 8 heteroatoms. The summed E-state index contributed by atoms with van der Waals surface area (Å²) in [4.78, 5) is 30.6. The molecule has 0 radical (unpaired) electrons. The van der Waals surface area contributed by atoms with Crippen molar-refractivity contribution in [3.8, 4) is 11.5 Å². The molecule has 3 aromatic rings. The molecule has 0 unspecified atom stereocenters. The minimum absolute atomic E-state index is 0.0250. The fourth-order valence-electron chi connectivity index (χ4n) is 4.02. The Labute approximate surface area is 185 Å². The maximum absolute atomic E-state index is 12.9. The first-order valence-electron chi connectivity index (χ1n) is 11.0. The fourth-order valence-corrected chi connectivity index (χ4v) is 4.02. The molecule has 1 saturated carbocycles. The second-order valence-corrected chi connectivity index (χ2v) is 8.43. The van der Waals surface area contributed by atoms with Gasteiger partial charge in [0.1, 0.15) is 17.3 Å². The van der Waals surface area contributed by atoms with Gasteiger partial charge in [0.25, 0.3) is 5.91 Å². The number of carbonyl (C=O) groups is 2. The van der Waals surface area contributed by atoms with E-state index in [1.54, 1.807) is 48.5 Å². The highest BCUT2D eigenvalue weighted by Gasteiger charge is 2.30. The quantitative estimate of drug-likeness (QED) is 0.619. The zero-order valence-corrected chi connectivity index (χ0v) is 17.7.